The predicted molar refractivity (Wildman–Crippen MR) is 88.3 cm³/mol. The summed E-state index contributed by atoms with van der Waals surface area (Å²) < 4.78 is 0. The van der Waals surface area contributed by atoms with Crippen molar-refractivity contribution in [3.63, 3.8) is 0 Å². The van der Waals surface area contributed by atoms with Gasteiger partial charge in [0.05, 0.1) is 11.1 Å². The molecule has 0 spiro atoms. The zero-order valence-electron chi connectivity index (χ0n) is 13.5. The number of rotatable bonds is 6. The van der Waals surface area contributed by atoms with Crippen LogP contribution >= 0.6 is 0 Å². The average molecular weight is 286 g/mol. The number of aromatic nitrogens is 1. The van der Waals surface area contributed by atoms with Crippen molar-refractivity contribution in [2.75, 3.05) is 6.54 Å². The normalized spacial score (nSPS) is 14.6. The molecule has 114 valence electrons. The second kappa shape index (κ2) is 6.54. The Balaban J connectivity index is 2.07. The summed E-state index contributed by atoms with van der Waals surface area (Å²) in [5.74, 6) is 0.491. The van der Waals surface area contributed by atoms with Crippen molar-refractivity contribution >= 4 is 10.9 Å². The molecule has 3 nitrogen and oxygen atoms in total. The molecule has 0 saturated carbocycles. The number of nitrogens with zero attached hydrogens (tertiary/aromatic N) is 1. The minimum absolute atomic E-state index is 0.491. The monoisotopic (exact) mass is 286 g/mol. The molecule has 0 amide bonds. The summed E-state index contributed by atoms with van der Waals surface area (Å²) in [5.41, 5.74) is 2.63. The standard InChI is InChI=1S/C18H26N2O/c1-13(2)10-18(4,21)12-19-11-15-9-14(3)20-17-8-6-5-7-16(15)17/h5-9,13,19,21H,10-12H2,1-4H3. The van der Waals surface area contributed by atoms with Crippen molar-refractivity contribution in [3.8, 4) is 0 Å². The first-order valence-corrected chi connectivity index (χ1v) is 7.66. The average Bonchev–Trinajstić information content (AvgIpc) is 2.36. The fraction of sp³-hybridized carbons (Fsp3) is 0.500. The van der Waals surface area contributed by atoms with E-state index in [2.05, 4.69) is 36.3 Å². The summed E-state index contributed by atoms with van der Waals surface area (Å²) in [6.45, 7) is 9.53. The van der Waals surface area contributed by atoms with E-state index in [9.17, 15) is 5.11 Å². The lowest BCUT2D eigenvalue weighted by Gasteiger charge is -2.25. The molecule has 0 radical (unpaired) electrons. The first kappa shape index (κ1) is 15.9. The van der Waals surface area contributed by atoms with Gasteiger partial charge >= 0.3 is 0 Å². The van der Waals surface area contributed by atoms with Crippen LogP contribution in [0.1, 0.15) is 38.4 Å². The van der Waals surface area contributed by atoms with Crippen LogP contribution in [0.3, 0.4) is 0 Å². The van der Waals surface area contributed by atoms with E-state index >= 15 is 0 Å². The van der Waals surface area contributed by atoms with E-state index in [4.69, 9.17) is 0 Å². The van der Waals surface area contributed by atoms with Crippen LogP contribution in [-0.4, -0.2) is 22.2 Å². The summed E-state index contributed by atoms with van der Waals surface area (Å²) in [6.07, 6.45) is 0.802. The van der Waals surface area contributed by atoms with E-state index < -0.39 is 5.60 Å². The number of benzene rings is 1. The molecule has 2 aromatic rings. The van der Waals surface area contributed by atoms with Gasteiger partial charge in [-0.25, -0.2) is 0 Å². The molecular formula is C18H26N2O. The number of aliphatic hydroxyl groups is 1. The van der Waals surface area contributed by atoms with Crippen molar-refractivity contribution in [1.29, 1.82) is 0 Å². The van der Waals surface area contributed by atoms with Crippen LogP contribution in [-0.2, 0) is 6.54 Å². The maximum Gasteiger partial charge on any atom is 0.0746 e. The Labute approximate surface area is 127 Å². The topological polar surface area (TPSA) is 45.1 Å². The zero-order valence-corrected chi connectivity index (χ0v) is 13.5. The molecule has 1 aromatic carbocycles. The highest BCUT2D eigenvalue weighted by molar-refractivity contribution is 5.82. The second-order valence-electron chi connectivity index (χ2n) is 6.64. The van der Waals surface area contributed by atoms with E-state index in [1.54, 1.807) is 0 Å². The highest BCUT2D eigenvalue weighted by Gasteiger charge is 2.21. The summed E-state index contributed by atoms with van der Waals surface area (Å²) in [4.78, 5) is 4.56. The lowest BCUT2D eigenvalue weighted by molar-refractivity contribution is 0.0383. The van der Waals surface area contributed by atoms with Gasteiger partial charge in [-0.1, -0.05) is 32.0 Å². The van der Waals surface area contributed by atoms with E-state index in [-0.39, 0.29) is 0 Å². The van der Waals surface area contributed by atoms with Gasteiger partial charge in [0.2, 0.25) is 0 Å². The molecular weight excluding hydrogens is 260 g/mol. The van der Waals surface area contributed by atoms with Crippen molar-refractivity contribution < 1.29 is 5.11 Å². The van der Waals surface area contributed by atoms with Gasteiger partial charge in [-0.15, -0.1) is 0 Å². The van der Waals surface area contributed by atoms with Crippen LogP contribution in [0, 0.1) is 12.8 Å². The smallest absolute Gasteiger partial charge is 0.0746 e. The van der Waals surface area contributed by atoms with Crippen LogP contribution in [0.4, 0.5) is 0 Å². The first-order valence-electron chi connectivity index (χ1n) is 7.66. The molecule has 21 heavy (non-hydrogen) atoms. The second-order valence-corrected chi connectivity index (χ2v) is 6.64. The molecule has 0 aliphatic carbocycles. The van der Waals surface area contributed by atoms with Gasteiger partial charge in [-0.2, -0.15) is 0 Å². The number of pyridine rings is 1. The van der Waals surface area contributed by atoms with Gasteiger partial charge in [0.15, 0.2) is 0 Å². The van der Waals surface area contributed by atoms with Crippen LogP contribution in [0.2, 0.25) is 0 Å². The highest BCUT2D eigenvalue weighted by Crippen LogP contribution is 2.19. The van der Waals surface area contributed by atoms with E-state index in [1.165, 1.54) is 10.9 Å². The number of nitrogens with one attached hydrogen (secondary N) is 1. The Bertz CT molecular complexity index is 605. The lowest BCUT2D eigenvalue weighted by Crippen LogP contribution is -2.38. The SMILES string of the molecule is Cc1cc(CNCC(C)(O)CC(C)C)c2ccccc2n1. The molecule has 1 heterocycles. The third-order valence-electron chi connectivity index (χ3n) is 3.60. The summed E-state index contributed by atoms with van der Waals surface area (Å²) in [5, 5.41) is 14.9. The number of para-hydroxylation sites is 1. The molecule has 1 unspecified atom stereocenters. The Kier molecular flexibility index (Phi) is 4.96. The molecule has 0 bridgehead atoms. The summed E-state index contributed by atoms with van der Waals surface area (Å²) in [7, 11) is 0. The van der Waals surface area contributed by atoms with Crippen molar-refractivity contribution in [2.45, 2.75) is 46.3 Å². The fourth-order valence-corrected chi connectivity index (χ4v) is 2.96. The molecule has 1 atom stereocenters. The van der Waals surface area contributed by atoms with Gasteiger partial charge in [-0.05, 0) is 43.9 Å². The summed E-state index contributed by atoms with van der Waals surface area (Å²) in [6, 6.07) is 10.3. The molecule has 3 heteroatoms. The molecule has 0 aliphatic rings. The number of fused-ring (bicyclic) bond motifs is 1. The molecule has 1 aromatic heterocycles. The minimum Gasteiger partial charge on any atom is -0.389 e. The quantitative estimate of drug-likeness (QED) is 0.855. The fourth-order valence-electron chi connectivity index (χ4n) is 2.96. The van der Waals surface area contributed by atoms with Gasteiger partial charge in [0.1, 0.15) is 0 Å². The Morgan fingerprint density at radius 1 is 1.29 bits per heavy atom. The van der Waals surface area contributed by atoms with Crippen LogP contribution in [0.25, 0.3) is 10.9 Å². The molecule has 0 fully saturated rings. The highest BCUT2D eigenvalue weighted by atomic mass is 16.3. The third kappa shape index (κ3) is 4.51. The van der Waals surface area contributed by atoms with E-state index in [0.717, 1.165) is 24.2 Å². The van der Waals surface area contributed by atoms with Crippen LogP contribution in [0.15, 0.2) is 30.3 Å². The van der Waals surface area contributed by atoms with Crippen molar-refractivity contribution in [1.82, 2.24) is 10.3 Å². The summed E-state index contributed by atoms with van der Waals surface area (Å²) >= 11 is 0. The largest absolute Gasteiger partial charge is 0.389 e. The number of hydrogen-bond donors (Lipinski definition) is 2. The molecule has 0 saturated heterocycles. The lowest BCUT2D eigenvalue weighted by atomic mass is 9.94. The van der Waals surface area contributed by atoms with Crippen molar-refractivity contribution in [2.24, 2.45) is 5.92 Å². The number of hydrogen-bond acceptors (Lipinski definition) is 3. The molecule has 0 aliphatic heterocycles. The zero-order chi connectivity index (χ0) is 15.5. The van der Waals surface area contributed by atoms with Gasteiger partial charge in [-0.3, -0.25) is 4.98 Å². The third-order valence-corrected chi connectivity index (χ3v) is 3.60. The first-order chi connectivity index (χ1) is 9.87. The van der Waals surface area contributed by atoms with Crippen molar-refractivity contribution in [3.05, 3.63) is 41.6 Å². The Hall–Kier alpha value is -1.45. The predicted octanol–water partition coefficient (Wildman–Crippen LogP) is 3.43. The Morgan fingerprint density at radius 3 is 2.71 bits per heavy atom. The van der Waals surface area contributed by atoms with Crippen LogP contribution in [0.5, 0.6) is 0 Å². The molecule has 2 N–H and O–H groups in total. The van der Waals surface area contributed by atoms with Gasteiger partial charge < -0.3 is 10.4 Å². The van der Waals surface area contributed by atoms with Crippen LogP contribution < -0.4 is 5.32 Å². The maximum atomic E-state index is 10.4. The maximum absolute atomic E-state index is 10.4. The number of aryl methyl sites for hydroxylation is 1. The minimum atomic E-state index is -0.661. The molecule has 2 rings (SSSR count). The van der Waals surface area contributed by atoms with Gasteiger partial charge in [0, 0.05) is 24.2 Å². The Morgan fingerprint density at radius 2 is 2.00 bits per heavy atom. The van der Waals surface area contributed by atoms with E-state index in [1.807, 2.05) is 32.0 Å². The van der Waals surface area contributed by atoms with Gasteiger partial charge in [0.25, 0.3) is 0 Å². The van der Waals surface area contributed by atoms with E-state index in [0.29, 0.717) is 12.5 Å².